The van der Waals surface area contributed by atoms with Gasteiger partial charge in [0.25, 0.3) is 0 Å². The minimum atomic E-state index is 0.406. The van der Waals surface area contributed by atoms with Gasteiger partial charge in [-0.3, -0.25) is 0 Å². The lowest BCUT2D eigenvalue weighted by atomic mass is 9.76. The van der Waals surface area contributed by atoms with Gasteiger partial charge >= 0.3 is 0 Å². The van der Waals surface area contributed by atoms with E-state index in [1.54, 1.807) is 7.11 Å². The van der Waals surface area contributed by atoms with Gasteiger partial charge in [-0.15, -0.1) is 0 Å². The lowest BCUT2D eigenvalue weighted by Gasteiger charge is -2.37. The average Bonchev–Trinajstić information content (AvgIpc) is 2.41. The van der Waals surface area contributed by atoms with E-state index in [2.05, 4.69) is 12.2 Å². The number of rotatable bonds is 10. The van der Waals surface area contributed by atoms with E-state index in [1.807, 2.05) is 0 Å². The number of hydrogen-bond acceptors (Lipinski definition) is 4. The van der Waals surface area contributed by atoms with Crippen molar-refractivity contribution < 1.29 is 14.2 Å². The molecule has 4 nitrogen and oxygen atoms in total. The molecule has 0 aromatic heterocycles. The fraction of sp³-hybridized carbons (Fsp3) is 1.00. The summed E-state index contributed by atoms with van der Waals surface area (Å²) in [4.78, 5) is 0. The lowest BCUT2D eigenvalue weighted by Crippen LogP contribution is -2.40. The van der Waals surface area contributed by atoms with Gasteiger partial charge in [-0.25, -0.2) is 0 Å². The van der Waals surface area contributed by atoms with Gasteiger partial charge in [-0.05, 0) is 38.0 Å². The molecule has 18 heavy (non-hydrogen) atoms. The predicted molar refractivity (Wildman–Crippen MR) is 73.0 cm³/mol. The molecule has 1 heterocycles. The molecule has 0 aliphatic carbocycles. The second kappa shape index (κ2) is 9.73. The molecule has 108 valence electrons. The molecule has 0 spiro atoms. The van der Waals surface area contributed by atoms with Gasteiger partial charge in [0.15, 0.2) is 0 Å². The van der Waals surface area contributed by atoms with Gasteiger partial charge in [0.05, 0.1) is 6.61 Å². The van der Waals surface area contributed by atoms with Crippen molar-refractivity contribution >= 4 is 0 Å². The first kappa shape index (κ1) is 15.9. The maximum Gasteiger partial charge on any atom is 0.0587 e. The first-order valence-electron chi connectivity index (χ1n) is 7.18. The van der Waals surface area contributed by atoms with Crippen molar-refractivity contribution in [1.82, 2.24) is 5.32 Å². The summed E-state index contributed by atoms with van der Waals surface area (Å²) in [6.45, 7) is 8.36. The Balaban J connectivity index is 2.27. The summed E-state index contributed by atoms with van der Waals surface area (Å²) in [5.41, 5.74) is 0.406. The Hall–Kier alpha value is -0.160. The lowest BCUT2D eigenvalue weighted by molar-refractivity contribution is 0.00458. The molecule has 0 saturated carbocycles. The minimum absolute atomic E-state index is 0.406. The molecule has 0 unspecified atom stereocenters. The second-order valence-electron chi connectivity index (χ2n) is 5.08. The van der Waals surface area contributed by atoms with E-state index in [9.17, 15) is 0 Å². The highest BCUT2D eigenvalue weighted by Gasteiger charge is 2.31. The number of nitrogens with one attached hydrogen (secondary N) is 1. The van der Waals surface area contributed by atoms with Gasteiger partial charge in [0, 0.05) is 46.6 Å². The summed E-state index contributed by atoms with van der Waals surface area (Å²) in [5, 5.41) is 3.52. The van der Waals surface area contributed by atoms with E-state index in [0.717, 1.165) is 52.5 Å². The molecule has 0 atom stereocenters. The second-order valence-corrected chi connectivity index (χ2v) is 5.08. The van der Waals surface area contributed by atoms with E-state index >= 15 is 0 Å². The maximum absolute atomic E-state index is 5.50. The van der Waals surface area contributed by atoms with Gasteiger partial charge in [0.2, 0.25) is 0 Å². The summed E-state index contributed by atoms with van der Waals surface area (Å²) < 4.78 is 16.0. The molecule has 0 aromatic carbocycles. The van der Waals surface area contributed by atoms with E-state index in [1.165, 1.54) is 19.3 Å². The highest BCUT2D eigenvalue weighted by Crippen LogP contribution is 2.34. The zero-order valence-electron chi connectivity index (χ0n) is 12.0. The Morgan fingerprint density at radius 1 is 1.22 bits per heavy atom. The van der Waals surface area contributed by atoms with Crippen LogP contribution in [-0.2, 0) is 14.2 Å². The average molecular weight is 259 g/mol. The molecule has 1 rings (SSSR count). The normalized spacial score (nSPS) is 19.0. The zero-order chi connectivity index (χ0) is 13.1. The van der Waals surface area contributed by atoms with E-state index in [-0.39, 0.29) is 0 Å². The number of ether oxygens (including phenoxy) is 3. The zero-order valence-corrected chi connectivity index (χ0v) is 12.0. The molecule has 1 saturated heterocycles. The van der Waals surface area contributed by atoms with Crippen LogP contribution < -0.4 is 5.32 Å². The molecular formula is C14H29NO3. The highest BCUT2D eigenvalue weighted by molar-refractivity contribution is 4.84. The van der Waals surface area contributed by atoms with Crippen molar-refractivity contribution in [3.63, 3.8) is 0 Å². The summed E-state index contributed by atoms with van der Waals surface area (Å²) in [5.74, 6) is 0. The van der Waals surface area contributed by atoms with Crippen LogP contribution in [0.15, 0.2) is 0 Å². The molecule has 0 amide bonds. The minimum Gasteiger partial charge on any atom is -0.383 e. The van der Waals surface area contributed by atoms with Crippen LogP contribution in [0.2, 0.25) is 0 Å². The van der Waals surface area contributed by atoms with Crippen molar-refractivity contribution in [1.29, 1.82) is 0 Å². The number of methoxy groups -OCH3 is 1. The van der Waals surface area contributed by atoms with E-state index in [0.29, 0.717) is 5.41 Å². The largest absolute Gasteiger partial charge is 0.383 e. The molecule has 4 heteroatoms. The summed E-state index contributed by atoms with van der Waals surface area (Å²) in [7, 11) is 1.74. The van der Waals surface area contributed by atoms with Crippen molar-refractivity contribution in [3.05, 3.63) is 0 Å². The Labute approximate surface area is 111 Å². The summed E-state index contributed by atoms with van der Waals surface area (Å²) in [6, 6.07) is 0. The Bertz CT molecular complexity index is 179. The third-order valence-electron chi connectivity index (χ3n) is 3.74. The van der Waals surface area contributed by atoms with Crippen molar-refractivity contribution in [2.75, 3.05) is 53.2 Å². The van der Waals surface area contributed by atoms with Crippen molar-refractivity contribution in [2.45, 2.75) is 32.6 Å². The van der Waals surface area contributed by atoms with Crippen LogP contribution in [0.25, 0.3) is 0 Å². The van der Waals surface area contributed by atoms with Gasteiger partial charge in [0.1, 0.15) is 0 Å². The molecular weight excluding hydrogens is 230 g/mol. The summed E-state index contributed by atoms with van der Waals surface area (Å²) in [6.07, 6.45) is 4.72. The quantitative estimate of drug-likeness (QED) is 0.608. The number of hydrogen-bond donors (Lipinski definition) is 1. The topological polar surface area (TPSA) is 39.7 Å². The Morgan fingerprint density at radius 3 is 2.67 bits per heavy atom. The predicted octanol–water partition coefficient (Wildman–Crippen LogP) is 1.84. The fourth-order valence-electron chi connectivity index (χ4n) is 2.54. The van der Waals surface area contributed by atoms with Crippen LogP contribution in [-0.4, -0.2) is 53.2 Å². The first-order valence-corrected chi connectivity index (χ1v) is 7.18. The van der Waals surface area contributed by atoms with Gasteiger partial charge in [-0.1, -0.05) is 0 Å². The molecule has 0 radical (unpaired) electrons. The summed E-state index contributed by atoms with van der Waals surface area (Å²) >= 11 is 0. The van der Waals surface area contributed by atoms with Crippen LogP contribution in [0.1, 0.15) is 32.6 Å². The Morgan fingerprint density at radius 2 is 2.00 bits per heavy atom. The van der Waals surface area contributed by atoms with Gasteiger partial charge < -0.3 is 19.5 Å². The first-order chi connectivity index (χ1) is 8.83. The smallest absolute Gasteiger partial charge is 0.0587 e. The standard InChI is InChI=1S/C14H29NO3/c1-3-17-9-4-5-14(6-10-18-11-7-14)13-15-8-12-16-2/h15H,3-13H2,1-2H3. The SMILES string of the molecule is CCOCCCC1(CNCCOC)CCOCC1. The molecule has 1 fully saturated rings. The maximum atomic E-state index is 5.50. The van der Waals surface area contributed by atoms with Crippen molar-refractivity contribution in [2.24, 2.45) is 5.41 Å². The fourth-order valence-corrected chi connectivity index (χ4v) is 2.54. The third-order valence-corrected chi connectivity index (χ3v) is 3.74. The van der Waals surface area contributed by atoms with E-state index < -0.39 is 0 Å². The molecule has 1 N–H and O–H groups in total. The third kappa shape index (κ3) is 6.14. The Kier molecular flexibility index (Phi) is 8.59. The van der Waals surface area contributed by atoms with Crippen LogP contribution in [0, 0.1) is 5.41 Å². The van der Waals surface area contributed by atoms with Gasteiger partial charge in [-0.2, -0.15) is 0 Å². The van der Waals surface area contributed by atoms with Crippen LogP contribution in [0.5, 0.6) is 0 Å². The highest BCUT2D eigenvalue weighted by atomic mass is 16.5. The monoisotopic (exact) mass is 259 g/mol. The molecule has 1 aliphatic heterocycles. The van der Waals surface area contributed by atoms with Crippen LogP contribution in [0.4, 0.5) is 0 Å². The molecule has 1 aliphatic rings. The molecule has 0 aromatic rings. The molecule has 0 bridgehead atoms. The van der Waals surface area contributed by atoms with Crippen molar-refractivity contribution in [3.8, 4) is 0 Å². The van der Waals surface area contributed by atoms with Crippen LogP contribution >= 0.6 is 0 Å². The van der Waals surface area contributed by atoms with E-state index in [4.69, 9.17) is 14.2 Å². The van der Waals surface area contributed by atoms with Crippen LogP contribution in [0.3, 0.4) is 0 Å².